The monoisotopic (exact) mass is 486 g/mol. The van der Waals surface area contributed by atoms with Gasteiger partial charge in [0.2, 0.25) is 0 Å². The van der Waals surface area contributed by atoms with Crippen LogP contribution in [0.4, 0.5) is 0 Å². The number of methoxy groups -OCH3 is 1. The molecule has 1 unspecified atom stereocenters. The van der Waals surface area contributed by atoms with Gasteiger partial charge in [0.05, 0.1) is 24.8 Å². The number of rotatable bonds is 8. The number of benzene rings is 2. The predicted molar refractivity (Wildman–Crippen MR) is 130 cm³/mol. The molecule has 2 heterocycles. The Kier molecular flexibility index (Phi) is 7.44. The minimum atomic E-state index is -0.984. The average molecular weight is 487 g/mol. The molecular weight excluding hydrogens is 460 g/mol. The van der Waals surface area contributed by atoms with Crippen molar-refractivity contribution in [3.05, 3.63) is 72.1 Å². The Balaban J connectivity index is 1.48. The van der Waals surface area contributed by atoms with E-state index >= 15 is 0 Å². The molecule has 1 fully saturated rings. The molecule has 184 valence electrons. The molecule has 9 heteroatoms. The maximum atomic E-state index is 13.2. The number of hydrogen-bond acceptors (Lipinski definition) is 8. The summed E-state index contributed by atoms with van der Waals surface area (Å²) in [4.78, 5) is 36.2. The van der Waals surface area contributed by atoms with Crippen molar-refractivity contribution in [1.82, 2.24) is 14.9 Å². The summed E-state index contributed by atoms with van der Waals surface area (Å²) >= 11 is 0. The Hall–Kier alpha value is -4.45. The largest absolute Gasteiger partial charge is 0.496 e. The van der Waals surface area contributed by atoms with Crippen LogP contribution in [0.5, 0.6) is 11.5 Å². The number of nitrogens with zero attached hydrogens (tertiary/aromatic N) is 4. The van der Waals surface area contributed by atoms with Crippen LogP contribution < -0.4 is 9.47 Å². The van der Waals surface area contributed by atoms with Crippen molar-refractivity contribution in [2.24, 2.45) is 5.41 Å². The van der Waals surface area contributed by atoms with Crippen LogP contribution in [0, 0.1) is 16.7 Å². The van der Waals surface area contributed by atoms with Crippen molar-refractivity contribution >= 4 is 11.9 Å². The SMILES string of the molecule is CCOC(=O)C1(COc2ccc(-c3ncc(C#N)cn3)cc2)CCN(C(=O)c2ccccc2OC)C1. The maximum absolute atomic E-state index is 13.2. The lowest BCUT2D eigenvalue weighted by atomic mass is 9.88. The third kappa shape index (κ3) is 5.13. The van der Waals surface area contributed by atoms with Crippen LogP contribution >= 0.6 is 0 Å². The van der Waals surface area contributed by atoms with Crippen molar-refractivity contribution < 1.29 is 23.8 Å². The fourth-order valence-corrected chi connectivity index (χ4v) is 4.12. The molecule has 4 rings (SSSR count). The Labute approximate surface area is 209 Å². The topological polar surface area (TPSA) is 115 Å². The minimum absolute atomic E-state index is 0.0637. The van der Waals surface area contributed by atoms with Gasteiger partial charge in [-0.05, 0) is 49.7 Å². The number of esters is 1. The molecule has 1 aliphatic heterocycles. The normalized spacial score (nSPS) is 16.8. The summed E-state index contributed by atoms with van der Waals surface area (Å²) in [6, 6.07) is 16.2. The average Bonchev–Trinajstić information content (AvgIpc) is 3.38. The number of para-hydroxylation sites is 1. The molecule has 0 aliphatic carbocycles. The Morgan fingerprint density at radius 1 is 1.11 bits per heavy atom. The van der Waals surface area contributed by atoms with Gasteiger partial charge in [-0.3, -0.25) is 9.59 Å². The van der Waals surface area contributed by atoms with Gasteiger partial charge in [0.1, 0.15) is 29.6 Å². The first-order valence-corrected chi connectivity index (χ1v) is 11.5. The maximum Gasteiger partial charge on any atom is 0.317 e. The highest BCUT2D eigenvalue weighted by atomic mass is 16.5. The summed E-state index contributed by atoms with van der Waals surface area (Å²) in [5.74, 6) is 0.947. The van der Waals surface area contributed by atoms with Crippen molar-refractivity contribution in [3.63, 3.8) is 0 Å². The summed E-state index contributed by atoms with van der Waals surface area (Å²) < 4.78 is 16.7. The van der Waals surface area contributed by atoms with Crippen LogP contribution in [0.3, 0.4) is 0 Å². The van der Waals surface area contributed by atoms with Crippen molar-refractivity contribution in [2.45, 2.75) is 13.3 Å². The quantitative estimate of drug-likeness (QED) is 0.445. The molecule has 1 atom stereocenters. The van der Waals surface area contributed by atoms with Crippen LogP contribution in [0.2, 0.25) is 0 Å². The van der Waals surface area contributed by atoms with Gasteiger partial charge in [-0.25, -0.2) is 9.97 Å². The van der Waals surface area contributed by atoms with E-state index in [4.69, 9.17) is 19.5 Å². The summed E-state index contributed by atoms with van der Waals surface area (Å²) in [5.41, 5.74) is 0.614. The smallest absolute Gasteiger partial charge is 0.317 e. The fourth-order valence-electron chi connectivity index (χ4n) is 4.12. The lowest BCUT2D eigenvalue weighted by Crippen LogP contribution is -2.42. The molecule has 2 aromatic carbocycles. The number of hydrogen-bond donors (Lipinski definition) is 0. The first-order valence-electron chi connectivity index (χ1n) is 11.5. The van der Waals surface area contributed by atoms with Crippen LogP contribution in [0.15, 0.2) is 60.9 Å². The number of amides is 1. The number of carbonyl (C=O) groups excluding carboxylic acids is 2. The van der Waals surface area contributed by atoms with Gasteiger partial charge in [-0.15, -0.1) is 0 Å². The molecule has 0 spiro atoms. The second-order valence-corrected chi connectivity index (χ2v) is 8.40. The van der Waals surface area contributed by atoms with Crippen LogP contribution in [-0.2, 0) is 9.53 Å². The molecule has 1 aliphatic rings. The summed E-state index contributed by atoms with van der Waals surface area (Å²) in [7, 11) is 1.52. The molecule has 0 N–H and O–H groups in total. The van der Waals surface area contributed by atoms with Crippen molar-refractivity contribution in [3.8, 4) is 29.0 Å². The van der Waals surface area contributed by atoms with E-state index in [1.54, 1.807) is 60.4 Å². The standard InChI is InChI=1S/C27H26N4O5/c1-3-35-26(33)27(12-13-31(17-27)25(32)22-6-4-5-7-23(22)34-2)18-36-21-10-8-20(9-11-21)24-29-15-19(14-28)16-30-24/h4-11,15-16H,3,12-13,17-18H2,1-2H3. The van der Waals surface area contributed by atoms with Gasteiger partial charge in [-0.2, -0.15) is 5.26 Å². The van der Waals surface area contributed by atoms with Gasteiger partial charge < -0.3 is 19.1 Å². The zero-order valence-corrected chi connectivity index (χ0v) is 20.1. The molecule has 0 bridgehead atoms. The van der Waals surface area contributed by atoms with E-state index in [0.717, 1.165) is 5.56 Å². The third-order valence-electron chi connectivity index (χ3n) is 6.10. The van der Waals surface area contributed by atoms with Gasteiger partial charge >= 0.3 is 5.97 Å². The molecule has 1 aromatic heterocycles. The van der Waals surface area contributed by atoms with Gasteiger partial charge in [0.15, 0.2) is 5.82 Å². The predicted octanol–water partition coefficient (Wildman–Crippen LogP) is 3.50. The zero-order chi connectivity index (χ0) is 25.5. The van der Waals surface area contributed by atoms with Gasteiger partial charge in [0.25, 0.3) is 5.91 Å². The number of aromatic nitrogens is 2. The van der Waals surface area contributed by atoms with Gasteiger partial charge in [-0.1, -0.05) is 12.1 Å². The van der Waals surface area contributed by atoms with E-state index in [0.29, 0.717) is 41.4 Å². The van der Waals surface area contributed by atoms with Crippen molar-refractivity contribution in [1.29, 1.82) is 5.26 Å². The zero-order valence-electron chi connectivity index (χ0n) is 20.1. The summed E-state index contributed by atoms with van der Waals surface area (Å²) in [6.45, 7) is 2.63. The second-order valence-electron chi connectivity index (χ2n) is 8.40. The Bertz CT molecular complexity index is 1270. The molecule has 36 heavy (non-hydrogen) atoms. The summed E-state index contributed by atoms with van der Waals surface area (Å²) in [5, 5.41) is 8.90. The fraction of sp³-hybridized carbons (Fsp3) is 0.296. The lowest BCUT2D eigenvalue weighted by molar-refractivity contribution is -0.156. The van der Waals surface area contributed by atoms with Crippen LogP contribution in [-0.4, -0.2) is 60.2 Å². The van der Waals surface area contributed by atoms with E-state index in [2.05, 4.69) is 9.97 Å². The first-order chi connectivity index (χ1) is 17.5. The Morgan fingerprint density at radius 3 is 2.50 bits per heavy atom. The molecule has 0 radical (unpaired) electrons. The van der Waals surface area contributed by atoms with E-state index in [-0.39, 0.29) is 31.6 Å². The Morgan fingerprint density at radius 2 is 1.83 bits per heavy atom. The van der Waals surface area contributed by atoms with Gasteiger partial charge in [0, 0.05) is 31.0 Å². The molecule has 3 aromatic rings. The summed E-state index contributed by atoms with van der Waals surface area (Å²) in [6.07, 6.45) is 3.35. The minimum Gasteiger partial charge on any atom is -0.496 e. The van der Waals surface area contributed by atoms with E-state index < -0.39 is 5.41 Å². The molecule has 0 saturated carbocycles. The van der Waals surface area contributed by atoms with E-state index in [1.807, 2.05) is 6.07 Å². The van der Waals surface area contributed by atoms with Crippen molar-refractivity contribution in [2.75, 3.05) is 33.4 Å². The first kappa shape index (κ1) is 24.7. The number of carbonyl (C=O) groups is 2. The van der Waals surface area contributed by atoms with E-state index in [1.165, 1.54) is 19.5 Å². The van der Waals surface area contributed by atoms with E-state index in [9.17, 15) is 9.59 Å². The highest BCUT2D eigenvalue weighted by molar-refractivity contribution is 5.97. The lowest BCUT2D eigenvalue weighted by Gasteiger charge is -2.27. The number of nitriles is 1. The number of likely N-dealkylation sites (tertiary alicyclic amines) is 1. The second kappa shape index (κ2) is 10.9. The third-order valence-corrected chi connectivity index (χ3v) is 6.10. The van der Waals surface area contributed by atoms with Crippen LogP contribution in [0.1, 0.15) is 29.3 Å². The number of ether oxygens (including phenoxy) is 3. The molecule has 1 amide bonds. The molecule has 1 saturated heterocycles. The highest BCUT2D eigenvalue weighted by Crippen LogP contribution is 2.35. The molecule has 9 nitrogen and oxygen atoms in total. The van der Waals surface area contributed by atoms with Crippen LogP contribution in [0.25, 0.3) is 11.4 Å². The highest BCUT2D eigenvalue weighted by Gasteiger charge is 2.48. The molecular formula is C27H26N4O5.